The van der Waals surface area contributed by atoms with Gasteiger partial charge in [-0.15, -0.1) is 0 Å². The van der Waals surface area contributed by atoms with Gasteiger partial charge in [-0.05, 0) is 49.4 Å². The first-order valence-corrected chi connectivity index (χ1v) is 12.0. The second-order valence-electron chi connectivity index (χ2n) is 7.82. The maximum Gasteiger partial charge on any atom is 0.223 e. The highest BCUT2D eigenvalue weighted by Gasteiger charge is 2.31. The fraction of sp³-hybridized carbons (Fsp3) is 0.435. The monoisotopic (exact) mass is 430 g/mol. The van der Waals surface area contributed by atoms with Gasteiger partial charge in [0.15, 0.2) is 0 Å². The van der Waals surface area contributed by atoms with E-state index in [1.807, 2.05) is 62.4 Å². The second kappa shape index (κ2) is 10.1. The van der Waals surface area contributed by atoms with Crippen molar-refractivity contribution >= 4 is 15.9 Å². The van der Waals surface area contributed by atoms with Crippen LogP contribution in [-0.2, 0) is 20.6 Å². The van der Waals surface area contributed by atoms with Crippen molar-refractivity contribution < 1.29 is 17.9 Å². The predicted octanol–water partition coefficient (Wildman–Crippen LogP) is 3.04. The van der Waals surface area contributed by atoms with E-state index in [1.165, 1.54) is 4.31 Å². The number of rotatable bonds is 8. The Morgan fingerprint density at radius 2 is 1.80 bits per heavy atom. The molecule has 1 heterocycles. The molecule has 0 unspecified atom stereocenters. The lowest BCUT2D eigenvalue weighted by molar-refractivity contribution is -0.126. The van der Waals surface area contributed by atoms with E-state index in [2.05, 4.69) is 5.32 Å². The first-order chi connectivity index (χ1) is 14.3. The van der Waals surface area contributed by atoms with Crippen LogP contribution in [0, 0.1) is 19.8 Å². The average molecular weight is 431 g/mol. The molecule has 0 atom stereocenters. The van der Waals surface area contributed by atoms with Gasteiger partial charge in [0.25, 0.3) is 0 Å². The van der Waals surface area contributed by atoms with Gasteiger partial charge >= 0.3 is 0 Å². The molecule has 1 aliphatic heterocycles. The minimum Gasteiger partial charge on any atom is -0.491 e. The third kappa shape index (κ3) is 6.06. The summed E-state index contributed by atoms with van der Waals surface area (Å²) in [4.78, 5) is 12.4. The van der Waals surface area contributed by atoms with Crippen LogP contribution in [0.25, 0.3) is 0 Å². The van der Waals surface area contributed by atoms with Crippen molar-refractivity contribution in [1.82, 2.24) is 9.62 Å². The van der Waals surface area contributed by atoms with Crippen molar-refractivity contribution in [1.29, 1.82) is 0 Å². The molecule has 1 N–H and O–H groups in total. The van der Waals surface area contributed by atoms with Crippen LogP contribution in [0.15, 0.2) is 48.5 Å². The zero-order chi connectivity index (χ0) is 21.6. The first kappa shape index (κ1) is 22.3. The summed E-state index contributed by atoms with van der Waals surface area (Å²) in [6.07, 6.45) is 1.08. The van der Waals surface area contributed by atoms with E-state index in [1.54, 1.807) is 0 Å². The van der Waals surface area contributed by atoms with Crippen LogP contribution >= 0.6 is 0 Å². The first-order valence-electron chi connectivity index (χ1n) is 10.3. The Kier molecular flexibility index (Phi) is 7.50. The molecule has 0 bridgehead atoms. The summed E-state index contributed by atoms with van der Waals surface area (Å²) >= 11 is 0. The van der Waals surface area contributed by atoms with E-state index in [0.717, 1.165) is 22.4 Å². The maximum absolute atomic E-state index is 12.6. The number of nitrogens with zero attached hydrogens (tertiary/aromatic N) is 1. The molecule has 1 fully saturated rings. The number of carbonyl (C=O) groups excluding carboxylic acids is 1. The number of piperidine rings is 1. The Labute approximate surface area is 179 Å². The zero-order valence-electron chi connectivity index (χ0n) is 17.6. The summed E-state index contributed by atoms with van der Waals surface area (Å²) in [5.41, 5.74) is 2.98. The van der Waals surface area contributed by atoms with E-state index < -0.39 is 10.0 Å². The molecule has 7 heteroatoms. The minimum atomic E-state index is -3.36. The van der Waals surface area contributed by atoms with Crippen molar-refractivity contribution in [2.45, 2.75) is 32.4 Å². The Hall–Kier alpha value is -2.38. The molecular formula is C23H30N2O4S. The van der Waals surface area contributed by atoms with E-state index in [9.17, 15) is 13.2 Å². The van der Waals surface area contributed by atoms with Crippen LogP contribution in [0.3, 0.4) is 0 Å². The number of carbonyl (C=O) groups is 1. The molecule has 1 saturated heterocycles. The molecule has 1 amide bonds. The zero-order valence-corrected chi connectivity index (χ0v) is 18.5. The van der Waals surface area contributed by atoms with Crippen LogP contribution in [0.2, 0.25) is 0 Å². The van der Waals surface area contributed by atoms with Crippen LogP contribution in [-0.4, -0.2) is 44.9 Å². The highest BCUT2D eigenvalue weighted by molar-refractivity contribution is 7.88. The second-order valence-corrected chi connectivity index (χ2v) is 9.79. The van der Waals surface area contributed by atoms with E-state index in [-0.39, 0.29) is 17.6 Å². The van der Waals surface area contributed by atoms with Crippen molar-refractivity contribution in [3.63, 3.8) is 0 Å². The molecule has 0 spiro atoms. The van der Waals surface area contributed by atoms with E-state index >= 15 is 0 Å². The van der Waals surface area contributed by atoms with Gasteiger partial charge < -0.3 is 10.1 Å². The Bertz CT molecular complexity index is 952. The van der Waals surface area contributed by atoms with Gasteiger partial charge in [-0.3, -0.25) is 4.79 Å². The van der Waals surface area contributed by atoms with Crippen LogP contribution < -0.4 is 10.1 Å². The number of benzene rings is 2. The lowest BCUT2D eigenvalue weighted by atomic mass is 9.97. The third-order valence-corrected chi connectivity index (χ3v) is 7.26. The number of amides is 1. The average Bonchev–Trinajstić information content (AvgIpc) is 2.74. The molecule has 30 heavy (non-hydrogen) atoms. The summed E-state index contributed by atoms with van der Waals surface area (Å²) < 4.78 is 32.6. The maximum atomic E-state index is 12.6. The number of aryl methyl sites for hydroxylation is 2. The Morgan fingerprint density at radius 3 is 2.50 bits per heavy atom. The van der Waals surface area contributed by atoms with Gasteiger partial charge in [0.05, 0.1) is 12.3 Å². The van der Waals surface area contributed by atoms with E-state index in [4.69, 9.17) is 4.74 Å². The summed E-state index contributed by atoms with van der Waals surface area (Å²) in [7, 11) is -3.36. The normalized spacial score (nSPS) is 15.7. The van der Waals surface area contributed by atoms with Gasteiger partial charge in [-0.1, -0.05) is 42.5 Å². The molecule has 2 aromatic rings. The SMILES string of the molecule is Cc1ccc(C)c(OCCNC(=O)C2CCN(S(=O)(=O)Cc3ccccc3)CC2)c1. The molecule has 0 aromatic heterocycles. The van der Waals surface area contributed by atoms with Gasteiger partial charge in [-0.2, -0.15) is 0 Å². The summed E-state index contributed by atoms with van der Waals surface area (Å²) in [6.45, 7) is 5.60. The topological polar surface area (TPSA) is 75.7 Å². The highest BCUT2D eigenvalue weighted by atomic mass is 32.2. The molecule has 0 radical (unpaired) electrons. The minimum absolute atomic E-state index is 0.000416. The molecular weight excluding hydrogens is 400 g/mol. The quantitative estimate of drug-likeness (QED) is 0.653. The van der Waals surface area contributed by atoms with Crippen LogP contribution in [0.1, 0.15) is 29.5 Å². The molecule has 1 aliphatic rings. The largest absolute Gasteiger partial charge is 0.491 e. The van der Waals surface area contributed by atoms with Crippen molar-refractivity contribution in [3.05, 3.63) is 65.2 Å². The lowest BCUT2D eigenvalue weighted by Crippen LogP contribution is -2.43. The number of nitrogens with one attached hydrogen (secondary N) is 1. The number of ether oxygens (including phenoxy) is 1. The molecule has 6 nitrogen and oxygen atoms in total. The fourth-order valence-electron chi connectivity index (χ4n) is 3.61. The van der Waals surface area contributed by atoms with Crippen molar-refractivity contribution in [2.75, 3.05) is 26.2 Å². The van der Waals surface area contributed by atoms with Crippen molar-refractivity contribution in [3.8, 4) is 5.75 Å². The van der Waals surface area contributed by atoms with E-state index in [0.29, 0.717) is 39.1 Å². The number of hydrogen-bond donors (Lipinski definition) is 1. The fourth-order valence-corrected chi connectivity index (χ4v) is 5.18. The lowest BCUT2D eigenvalue weighted by Gasteiger charge is -2.30. The molecule has 2 aromatic carbocycles. The molecule has 162 valence electrons. The van der Waals surface area contributed by atoms with Crippen LogP contribution in [0.4, 0.5) is 0 Å². The summed E-state index contributed by atoms with van der Waals surface area (Å²) in [5.74, 6) is 0.648. The number of sulfonamides is 1. The predicted molar refractivity (Wildman–Crippen MR) is 118 cm³/mol. The smallest absolute Gasteiger partial charge is 0.223 e. The highest BCUT2D eigenvalue weighted by Crippen LogP contribution is 2.22. The van der Waals surface area contributed by atoms with Crippen molar-refractivity contribution in [2.24, 2.45) is 5.92 Å². The Morgan fingerprint density at radius 1 is 1.10 bits per heavy atom. The third-order valence-electron chi connectivity index (χ3n) is 5.41. The summed E-state index contributed by atoms with van der Waals surface area (Å²) in [6, 6.07) is 15.2. The standard InChI is InChI=1S/C23H30N2O4S/c1-18-8-9-19(2)22(16-18)29-15-12-24-23(26)21-10-13-25(14-11-21)30(27,28)17-20-6-4-3-5-7-20/h3-9,16,21H,10-15,17H2,1-2H3,(H,24,26). The van der Waals surface area contributed by atoms with Gasteiger partial charge in [0.2, 0.25) is 15.9 Å². The summed E-state index contributed by atoms with van der Waals surface area (Å²) in [5, 5.41) is 2.92. The molecule has 0 saturated carbocycles. The molecule has 0 aliphatic carbocycles. The van der Waals surface area contributed by atoms with Gasteiger partial charge in [-0.25, -0.2) is 12.7 Å². The van der Waals surface area contributed by atoms with Crippen LogP contribution in [0.5, 0.6) is 5.75 Å². The van der Waals surface area contributed by atoms with Gasteiger partial charge in [0.1, 0.15) is 12.4 Å². The van der Waals surface area contributed by atoms with Gasteiger partial charge in [0, 0.05) is 19.0 Å². The number of hydrogen-bond acceptors (Lipinski definition) is 4. The molecule has 3 rings (SSSR count). The Balaban J connectivity index is 1.41.